The lowest BCUT2D eigenvalue weighted by molar-refractivity contribution is -0.111. The molecule has 0 bridgehead atoms. The van der Waals surface area contributed by atoms with Crippen LogP contribution in [0.4, 0.5) is 5.13 Å². The maximum Gasteiger partial charge on any atom is 0.250 e. The fourth-order valence-corrected chi connectivity index (χ4v) is 4.29. The molecule has 1 aliphatic carbocycles. The summed E-state index contributed by atoms with van der Waals surface area (Å²) in [5.41, 5.74) is 3.55. The summed E-state index contributed by atoms with van der Waals surface area (Å²) in [6.45, 7) is 0. The number of hydrogen-bond donors (Lipinski definition) is 1. The third-order valence-corrected chi connectivity index (χ3v) is 5.63. The first-order valence-electron chi connectivity index (χ1n) is 7.40. The minimum atomic E-state index is -0.141. The van der Waals surface area contributed by atoms with Gasteiger partial charge in [-0.05, 0) is 35.9 Å². The highest BCUT2D eigenvalue weighted by atomic mass is 32.1. The molecule has 0 radical (unpaired) electrons. The van der Waals surface area contributed by atoms with E-state index in [-0.39, 0.29) is 5.91 Å². The summed E-state index contributed by atoms with van der Waals surface area (Å²) >= 11 is 3.18. The van der Waals surface area contributed by atoms with Crippen molar-refractivity contribution in [2.45, 2.75) is 12.8 Å². The van der Waals surface area contributed by atoms with Gasteiger partial charge in [-0.2, -0.15) is 0 Å². The normalized spacial score (nSPS) is 12.9. The second kappa shape index (κ2) is 6.10. The molecule has 3 nitrogen and oxygen atoms in total. The van der Waals surface area contributed by atoms with Gasteiger partial charge in [0, 0.05) is 21.4 Å². The summed E-state index contributed by atoms with van der Waals surface area (Å²) in [5.74, 6) is -0.141. The van der Waals surface area contributed by atoms with Crippen LogP contribution in [0.15, 0.2) is 47.9 Å². The molecule has 2 heterocycles. The molecule has 1 amide bonds. The van der Waals surface area contributed by atoms with Gasteiger partial charge in [0.15, 0.2) is 5.13 Å². The van der Waals surface area contributed by atoms with Crippen LogP contribution in [0.25, 0.3) is 17.3 Å². The summed E-state index contributed by atoms with van der Waals surface area (Å²) in [6.07, 6.45) is 5.41. The molecule has 0 saturated carbocycles. The number of aromatic nitrogens is 1. The molecule has 1 aromatic carbocycles. The maximum atomic E-state index is 12.0. The van der Waals surface area contributed by atoms with Crippen LogP contribution in [0.5, 0.6) is 0 Å². The molecule has 114 valence electrons. The molecule has 0 fully saturated rings. The average Bonchev–Trinajstić information content (AvgIpc) is 3.22. The Balaban J connectivity index is 1.54. The predicted molar refractivity (Wildman–Crippen MR) is 96.9 cm³/mol. The monoisotopic (exact) mass is 338 g/mol. The quantitative estimate of drug-likeness (QED) is 0.708. The lowest BCUT2D eigenvalue weighted by atomic mass is 9.94. The highest BCUT2D eigenvalue weighted by Gasteiger charge is 2.20. The van der Waals surface area contributed by atoms with Gasteiger partial charge >= 0.3 is 0 Å². The molecule has 5 heteroatoms. The van der Waals surface area contributed by atoms with E-state index in [1.165, 1.54) is 16.0 Å². The van der Waals surface area contributed by atoms with E-state index in [0.29, 0.717) is 5.13 Å². The first-order valence-corrected chi connectivity index (χ1v) is 9.10. The highest BCUT2D eigenvalue weighted by molar-refractivity contribution is 7.16. The summed E-state index contributed by atoms with van der Waals surface area (Å²) in [7, 11) is 0. The summed E-state index contributed by atoms with van der Waals surface area (Å²) in [6, 6.07) is 12.3. The van der Waals surface area contributed by atoms with E-state index in [9.17, 15) is 4.79 Å². The maximum absolute atomic E-state index is 12.0. The van der Waals surface area contributed by atoms with E-state index in [1.807, 2.05) is 29.7 Å². The molecular weight excluding hydrogens is 324 g/mol. The van der Waals surface area contributed by atoms with Gasteiger partial charge < -0.3 is 0 Å². The van der Waals surface area contributed by atoms with Crippen molar-refractivity contribution in [2.75, 3.05) is 5.32 Å². The Bertz CT molecular complexity index is 878. The molecule has 0 spiro atoms. The Labute approximate surface area is 142 Å². The molecule has 0 saturated heterocycles. The summed E-state index contributed by atoms with van der Waals surface area (Å²) in [4.78, 5) is 19.0. The van der Waals surface area contributed by atoms with Gasteiger partial charge in [0.1, 0.15) is 0 Å². The number of carbonyl (C=O) groups excluding carboxylic acids is 1. The number of hydrogen-bond acceptors (Lipinski definition) is 4. The van der Waals surface area contributed by atoms with Crippen molar-refractivity contribution < 1.29 is 4.79 Å². The van der Waals surface area contributed by atoms with Gasteiger partial charge in [0.25, 0.3) is 0 Å². The smallest absolute Gasteiger partial charge is 0.250 e. The first-order chi connectivity index (χ1) is 11.3. The largest absolute Gasteiger partial charge is 0.298 e. The van der Waals surface area contributed by atoms with Crippen LogP contribution in [0.1, 0.15) is 15.3 Å². The molecule has 4 rings (SSSR count). The number of benzene rings is 1. The van der Waals surface area contributed by atoms with Gasteiger partial charge in [-0.3, -0.25) is 10.1 Å². The Hall–Kier alpha value is -2.24. The average molecular weight is 338 g/mol. The second-order valence-electron chi connectivity index (χ2n) is 5.29. The van der Waals surface area contributed by atoms with Crippen molar-refractivity contribution in [1.82, 2.24) is 4.98 Å². The third-order valence-electron chi connectivity index (χ3n) is 3.76. The van der Waals surface area contributed by atoms with Crippen LogP contribution in [-0.2, 0) is 17.6 Å². The number of nitrogens with one attached hydrogen (secondary N) is 1. The first kappa shape index (κ1) is 14.4. The fraction of sp³-hybridized carbons (Fsp3) is 0.111. The van der Waals surface area contributed by atoms with E-state index in [4.69, 9.17) is 0 Å². The number of amides is 1. The Morgan fingerprint density at radius 2 is 2.09 bits per heavy atom. The van der Waals surface area contributed by atoms with Crippen molar-refractivity contribution in [3.8, 4) is 11.3 Å². The minimum absolute atomic E-state index is 0.141. The van der Waals surface area contributed by atoms with Crippen LogP contribution in [-0.4, -0.2) is 10.9 Å². The number of carbonyl (C=O) groups is 1. The number of nitrogens with zero attached hydrogens (tertiary/aromatic N) is 1. The van der Waals surface area contributed by atoms with Gasteiger partial charge in [-0.1, -0.05) is 30.3 Å². The van der Waals surface area contributed by atoms with Crippen LogP contribution in [0.2, 0.25) is 0 Å². The zero-order valence-corrected chi connectivity index (χ0v) is 13.9. The lowest BCUT2D eigenvalue weighted by Gasteiger charge is -2.13. The third kappa shape index (κ3) is 2.98. The summed E-state index contributed by atoms with van der Waals surface area (Å²) < 4.78 is 0. The zero-order valence-electron chi connectivity index (χ0n) is 12.3. The van der Waals surface area contributed by atoms with Crippen molar-refractivity contribution in [2.24, 2.45) is 0 Å². The Morgan fingerprint density at radius 1 is 1.17 bits per heavy atom. The number of thiophene rings is 1. The van der Waals surface area contributed by atoms with Gasteiger partial charge in [-0.15, -0.1) is 22.7 Å². The van der Waals surface area contributed by atoms with E-state index in [0.717, 1.165) is 23.4 Å². The van der Waals surface area contributed by atoms with Crippen molar-refractivity contribution in [3.63, 3.8) is 0 Å². The number of aryl methyl sites for hydroxylation is 2. The molecule has 1 N–H and O–H groups in total. The van der Waals surface area contributed by atoms with Crippen LogP contribution >= 0.6 is 22.7 Å². The molecule has 23 heavy (non-hydrogen) atoms. The number of anilines is 1. The molecule has 2 aromatic heterocycles. The van der Waals surface area contributed by atoms with E-state index < -0.39 is 0 Å². The molecule has 0 unspecified atom stereocenters. The van der Waals surface area contributed by atoms with Crippen LogP contribution in [0.3, 0.4) is 0 Å². The van der Waals surface area contributed by atoms with E-state index >= 15 is 0 Å². The Morgan fingerprint density at radius 3 is 2.96 bits per heavy atom. The number of fused-ring (bicyclic) bond motifs is 3. The van der Waals surface area contributed by atoms with Crippen molar-refractivity contribution >= 4 is 39.8 Å². The lowest BCUT2D eigenvalue weighted by Crippen LogP contribution is -2.07. The van der Waals surface area contributed by atoms with Crippen molar-refractivity contribution in [1.29, 1.82) is 0 Å². The molecule has 0 atom stereocenters. The van der Waals surface area contributed by atoms with E-state index in [1.54, 1.807) is 28.7 Å². The van der Waals surface area contributed by atoms with Gasteiger partial charge in [0.2, 0.25) is 5.91 Å². The van der Waals surface area contributed by atoms with Crippen LogP contribution in [0, 0.1) is 0 Å². The standard InChI is InChI=1S/C18H14N2OS2/c21-16(10-8-13-5-3-11-22-13)19-18-20-17-14-6-2-1-4-12(14)7-9-15(17)23-18/h1-6,8,10-11H,7,9H2,(H,19,20,21). The molecular formula is C18H14N2OS2. The molecule has 3 aromatic rings. The SMILES string of the molecule is O=C(C=Cc1cccs1)Nc1nc2c(s1)CCc1ccccc1-2. The molecule has 1 aliphatic rings. The number of thiazole rings is 1. The summed E-state index contributed by atoms with van der Waals surface area (Å²) in [5, 5.41) is 5.54. The van der Waals surface area contributed by atoms with Gasteiger partial charge in [0.05, 0.1) is 5.69 Å². The fourth-order valence-electron chi connectivity index (χ4n) is 2.69. The predicted octanol–water partition coefficient (Wildman–Crippen LogP) is 4.62. The zero-order chi connectivity index (χ0) is 15.6. The second-order valence-corrected chi connectivity index (χ2v) is 7.35. The molecule has 0 aliphatic heterocycles. The van der Waals surface area contributed by atoms with Crippen LogP contribution < -0.4 is 5.32 Å². The minimum Gasteiger partial charge on any atom is -0.298 e. The highest BCUT2D eigenvalue weighted by Crippen LogP contribution is 2.37. The van der Waals surface area contributed by atoms with Crippen molar-refractivity contribution in [3.05, 3.63) is 63.2 Å². The van der Waals surface area contributed by atoms with Gasteiger partial charge in [-0.25, -0.2) is 4.98 Å². The van der Waals surface area contributed by atoms with E-state index in [2.05, 4.69) is 28.5 Å². The topological polar surface area (TPSA) is 42.0 Å². The number of rotatable bonds is 3. The Kier molecular flexibility index (Phi) is 3.81.